The Morgan fingerprint density at radius 3 is 1.90 bits per heavy atom. The maximum Gasteiger partial charge on any atom is 0.263 e. The minimum absolute atomic E-state index is 0.0253. The third kappa shape index (κ3) is 8.86. The van der Waals surface area contributed by atoms with Gasteiger partial charge in [-0.15, -0.1) is 0 Å². The first-order valence-corrected chi connectivity index (χ1v) is 15.6. The van der Waals surface area contributed by atoms with E-state index in [9.17, 15) is 27.6 Å². The Hall–Kier alpha value is -2.27. The topological polar surface area (TPSA) is 164 Å². The number of carbonyl (C=O) groups excluding carboxylic acids is 4. The van der Waals surface area contributed by atoms with Gasteiger partial charge in [-0.1, -0.05) is 22.0 Å². The van der Waals surface area contributed by atoms with Crippen molar-refractivity contribution >= 4 is 49.4 Å². The molecular weight excluding hydrogens is 616 g/mol. The predicted octanol–water partition coefficient (Wildman–Crippen LogP) is 0.339. The average molecular weight is 650 g/mol. The van der Waals surface area contributed by atoms with Crippen LogP contribution < -0.4 is 5.32 Å². The number of rotatable bonds is 19. The lowest BCUT2D eigenvalue weighted by Gasteiger charge is -2.27. The molecule has 2 aliphatic heterocycles. The highest BCUT2D eigenvalue weighted by Crippen LogP contribution is 2.32. The van der Waals surface area contributed by atoms with Crippen LogP contribution in [0, 0.1) is 0 Å². The summed E-state index contributed by atoms with van der Waals surface area (Å²) in [5.74, 6) is -3.34. The molecule has 1 aromatic carbocycles. The number of halogens is 1. The molecule has 222 valence electrons. The van der Waals surface area contributed by atoms with Crippen molar-refractivity contribution in [2.75, 3.05) is 77.2 Å². The molecule has 2 heterocycles. The molecule has 0 aromatic heterocycles. The minimum atomic E-state index is -4.00. The highest BCUT2D eigenvalue weighted by atomic mass is 79.9. The van der Waals surface area contributed by atoms with Crippen LogP contribution in [-0.2, 0) is 43.1 Å². The Morgan fingerprint density at radius 1 is 0.800 bits per heavy atom. The van der Waals surface area contributed by atoms with Crippen LogP contribution in [0.4, 0.5) is 0 Å². The zero-order chi connectivity index (χ0) is 29.0. The third-order valence-electron chi connectivity index (χ3n) is 5.97. The van der Waals surface area contributed by atoms with Gasteiger partial charge in [0.2, 0.25) is 11.8 Å². The second-order valence-electron chi connectivity index (χ2n) is 8.70. The molecule has 0 spiro atoms. The Bertz CT molecular complexity index is 1160. The standard InChI is InChI=1S/C25H33BrN2O11S/c26-6-7-35-8-9-36-10-11-37-12-13-38-14-15-39-16-17-40(33,34)20-3-1-2-18-22(20)25(32)28(24(18)31)19-4-5-21(29)27-23(19)30/h1-3,19H,4-17H2,(H,27,29,30). The summed E-state index contributed by atoms with van der Waals surface area (Å²) in [6, 6.07) is 2.78. The SMILES string of the molecule is O=C1CCC(N2C(=O)c3cccc(S(=O)(=O)CCOCCOCCOCCOCCOCCBr)c3C2=O)C(=O)N1. The summed E-state index contributed by atoms with van der Waals surface area (Å²) in [5.41, 5.74) is -0.368. The van der Waals surface area contributed by atoms with Gasteiger partial charge in [0.25, 0.3) is 11.8 Å². The van der Waals surface area contributed by atoms with Gasteiger partial charge in [0.1, 0.15) is 6.04 Å². The summed E-state index contributed by atoms with van der Waals surface area (Å²) in [4.78, 5) is 50.2. The molecule has 1 saturated heterocycles. The Morgan fingerprint density at radius 2 is 1.35 bits per heavy atom. The van der Waals surface area contributed by atoms with Crippen LogP contribution >= 0.6 is 15.9 Å². The normalized spacial score (nSPS) is 17.4. The van der Waals surface area contributed by atoms with Crippen molar-refractivity contribution < 1.29 is 51.3 Å². The van der Waals surface area contributed by atoms with E-state index in [2.05, 4.69) is 21.2 Å². The van der Waals surface area contributed by atoms with E-state index >= 15 is 0 Å². The van der Waals surface area contributed by atoms with E-state index in [1.807, 2.05) is 0 Å². The first kappa shape index (κ1) is 32.2. The fourth-order valence-corrected chi connectivity index (χ4v) is 5.64. The molecule has 1 aromatic rings. The molecular formula is C25H33BrN2O11S. The van der Waals surface area contributed by atoms with Crippen molar-refractivity contribution in [2.45, 2.75) is 23.8 Å². The lowest BCUT2D eigenvalue weighted by Crippen LogP contribution is -2.54. The number of benzene rings is 1. The molecule has 1 fully saturated rings. The summed E-state index contributed by atoms with van der Waals surface area (Å²) in [5, 5.41) is 2.89. The minimum Gasteiger partial charge on any atom is -0.378 e. The monoisotopic (exact) mass is 648 g/mol. The second-order valence-corrected chi connectivity index (χ2v) is 11.6. The number of nitrogens with zero attached hydrogens (tertiary/aromatic N) is 1. The van der Waals surface area contributed by atoms with Crippen molar-refractivity contribution in [1.29, 1.82) is 0 Å². The maximum atomic E-state index is 13.1. The summed E-state index contributed by atoms with van der Waals surface area (Å²) in [7, 11) is -4.00. The molecule has 1 atom stereocenters. The molecule has 40 heavy (non-hydrogen) atoms. The number of carbonyl (C=O) groups is 4. The molecule has 13 nitrogen and oxygen atoms in total. The van der Waals surface area contributed by atoms with E-state index in [0.717, 1.165) is 10.2 Å². The first-order valence-electron chi connectivity index (χ1n) is 12.8. The summed E-state index contributed by atoms with van der Waals surface area (Å²) in [6.45, 7) is 3.51. The lowest BCUT2D eigenvalue weighted by molar-refractivity contribution is -0.136. The largest absolute Gasteiger partial charge is 0.378 e. The zero-order valence-corrected chi connectivity index (χ0v) is 24.3. The second kappa shape index (κ2) is 16.2. The number of ether oxygens (including phenoxy) is 5. The quantitative estimate of drug-likeness (QED) is 0.125. The molecule has 2 aliphatic rings. The molecule has 0 saturated carbocycles. The number of hydrogen-bond donors (Lipinski definition) is 1. The van der Waals surface area contributed by atoms with Crippen molar-refractivity contribution in [2.24, 2.45) is 0 Å². The summed E-state index contributed by atoms with van der Waals surface area (Å²) < 4.78 is 52.8. The highest BCUT2D eigenvalue weighted by Gasteiger charge is 2.46. The molecule has 3 rings (SSSR count). The van der Waals surface area contributed by atoms with Crippen LogP contribution in [0.3, 0.4) is 0 Å². The average Bonchev–Trinajstić information content (AvgIpc) is 3.18. The van der Waals surface area contributed by atoms with Gasteiger partial charge in [0.15, 0.2) is 9.84 Å². The number of nitrogens with one attached hydrogen (secondary N) is 1. The molecule has 4 amide bonds. The van der Waals surface area contributed by atoms with Gasteiger partial charge in [0.05, 0.1) is 87.8 Å². The summed E-state index contributed by atoms with van der Waals surface area (Å²) in [6.07, 6.45) is -0.0607. The number of amides is 4. The van der Waals surface area contributed by atoms with E-state index in [1.165, 1.54) is 18.2 Å². The van der Waals surface area contributed by atoms with Crippen molar-refractivity contribution in [1.82, 2.24) is 10.2 Å². The summed E-state index contributed by atoms with van der Waals surface area (Å²) >= 11 is 3.27. The molecule has 15 heteroatoms. The molecule has 0 aliphatic carbocycles. The number of piperidine rings is 1. The van der Waals surface area contributed by atoms with Gasteiger partial charge in [-0.25, -0.2) is 8.42 Å². The van der Waals surface area contributed by atoms with Gasteiger partial charge in [-0.2, -0.15) is 0 Å². The van der Waals surface area contributed by atoms with Crippen LogP contribution in [-0.4, -0.2) is 120 Å². The van der Waals surface area contributed by atoms with E-state index in [1.54, 1.807) is 0 Å². The molecule has 1 N–H and O–H groups in total. The van der Waals surface area contributed by atoms with Crippen LogP contribution in [0.15, 0.2) is 23.1 Å². The fourth-order valence-electron chi connectivity index (χ4n) is 4.06. The van der Waals surface area contributed by atoms with Crippen molar-refractivity contribution in [3.05, 3.63) is 29.3 Å². The number of sulfone groups is 1. The molecule has 0 radical (unpaired) electrons. The van der Waals surface area contributed by atoms with E-state index < -0.39 is 45.3 Å². The van der Waals surface area contributed by atoms with Gasteiger partial charge >= 0.3 is 0 Å². The molecule has 0 bridgehead atoms. The van der Waals surface area contributed by atoms with E-state index in [0.29, 0.717) is 46.2 Å². The number of hydrogen-bond acceptors (Lipinski definition) is 11. The van der Waals surface area contributed by atoms with E-state index in [4.69, 9.17) is 23.7 Å². The van der Waals surface area contributed by atoms with Crippen LogP contribution in [0.25, 0.3) is 0 Å². The smallest absolute Gasteiger partial charge is 0.263 e. The van der Waals surface area contributed by atoms with Gasteiger partial charge in [-0.05, 0) is 18.6 Å². The van der Waals surface area contributed by atoms with E-state index in [-0.39, 0.29) is 48.7 Å². The number of imide groups is 2. The van der Waals surface area contributed by atoms with Gasteiger partial charge in [0, 0.05) is 11.8 Å². The van der Waals surface area contributed by atoms with Crippen LogP contribution in [0.2, 0.25) is 0 Å². The van der Waals surface area contributed by atoms with Crippen molar-refractivity contribution in [3.63, 3.8) is 0 Å². The third-order valence-corrected chi connectivity index (χ3v) is 8.01. The van der Waals surface area contributed by atoms with Crippen LogP contribution in [0.5, 0.6) is 0 Å². The first-order chi connectivity index (χ1) is 19.3. The molecule has 1 unspecified atom stereocenters. The number of alkyl halides is 1. The zero-order valence-electron chi connectivity index (χ0n) is 21.9. The Kier molecular flexibility index (Phi) is 13.1. The van der Waals surface area contributed by atoms with Crippen molar-refractivity contribution in [3.8, 4) is 0 Å². The predicted molar refractivity (Wildman–Crippen MR) is 143 cm³/mol. The Balaban J connectivity index is 1.36. The maximum absolute atomic E-state index is 13.1. The Labute approximate surface area is 240 Å². The fraction of sp³-hybridized carbons (Fsp3) is 0.600. The van der Waals surface area contributed by atoms with Crippen LogP contribution in [0.1, 0.15) is 33.6 Å². The number of fused-ring (bicyclic) bond motifs is 1. The highest BCUT2D eigenvalue weighted by molar-refractivity contribution is 9.09. The lowest BCUT2D eigenvalue weighted by atomic mass is 10.0. The van der Waals surface area contributed by atoms with Gasteiger partial charge in [-0.3, -0.25) is 29.4 Å². The van der Waals surface area contributed by atoms with Gasteiger partial charge < -0.3 is 23.7 Å².